The summed E-state index contributed by atoms with van der Waals surface area (Å²) in [5, 5.41) is 7.15. The molecule has 5 nitrogen and oxygen atoms in total. The number of halogens is 1. The Morgan fingerprint density at radius 3 is 3.00 bits per heavy atom. The molecule has 0 unspecified atom stereocenters. The predicted octanol–water partition coefficient (Wildman–Crippen LogP) is 1.81. The van der Waals surface area contributed by atoms with Gasteiger partial charge in [-0.1, -0.05) is 11.6 Å². The molecular formula is C10H11ClN4OS. The number of nitrogens with zero attached hydrogens (tertiary/aromatic N) is 3. The summed E-state index contributed by atoms with van der Waals surface area (Å²) in [6.07, 6.45) is 1.54. The van der Waals surface area contributed by atoms with E-state index in [1.54, 1.807) is 30.1 Å². The van der Waals surface area contributed by atoms with Crippen LogP contribution >= 0.6 is 22.9 Å². The minimum absolute atomic E-state index is 0.157. The van der Waals surface area contributed by atoms with Gasteiger partial charge in [0.25, 0.3) is 5.56 Å². The number of nitrogens with one attached hydrogen (secondary N) is 1. The van der Waals surface area contributed by atoms with Crippen LogP contribution in [-0.2, 0) is 13.6 Å². The van der Waals surface area contributed by atoms with E-state index in [-0.39, 0.29) is 10.6 Å². The molecule has 0 amide bonds. The highest BCUT2D eigenvalue weighted by Crippen LogP contribution is 2.18. The maximum absolute atomic E-state index is 11.5. The van der Waals surface area contributed by atoms with E-state index < -0.39 is 0 Å². The van der Waals surface area contributed by atoms with Crippen molar-refractivity contribution in [1.29, 1.82) is 0 Å². The van der Waals surface area contributed by atoms with Crippen LogP contribution in [-0.4, -0.2) is 14.8 Å². The number of hydrogen-bond donors (Lipinski definition) is 1. The van der Waals surface area contributed by atoms with Crippen molar-refractivity contribution < 1.29 is 0 Å². The zero-order valence-electron chi connectivity index (χ0n) is 9.40. The molecule has 0 aliphatic heterocycles. The minimum atomic E-state index is -0.308. The molecule has 0 bridgehead atoms. The van der Waals surface area contributed by atoms with Crippen molar-refractivity contribution in [2.75, 3.05) is 5.32 Å². The number of anilines is 1. The molecular weight excluding hydrogens is 260 g/mol. The fourth-order valence-electron chi connectivity index (χ4n) is 1.31. The van der Waals surface area contributed by atoms with Crippen LogP contribution in [0.1, 0.15) is 10.6 Å². The van der Waals surface area contributed by atoms with Crippen molar-refractivity contribution >= 4 is 28.6 Å². The second-order valence-electron chi connectivity index (χ2n) is 3.52. The molecule has 0 saturated carbocycles. The summed E-state index contributed by atoms with van der Waals surface area (Å²) in [4.78, 5) is 16.8. The van der Waals surface area contributed by atoms with E-state index in [0.717, 1.165) is 10.6 Å². The largest absolute Gasteiger partial charge is 0.377 e. The molecule has 17 heavy (non-hydrogen) atoms. The Hall–Kier alpha value is -1.40. The fraction of sp³-hybridized carbons (Fsp3) is 0.300. The van der Waals surface area contributed by atoms with E-state index in [0.29, 0.717) is 12.2 Å². The Labute approximate surface area is 107 Å². The fourth-order valence-corrected chi connectivity index (χ4v) is 2.26. The van der Waals surface area contributed by atoms with E-state index in [4.69, 9.17) is 11.6 Å². The third-order valence-corrected chi connectivity index (χ3v) is 3.66. The van der Waals surface area contributed by atoms with Crippen LogP contribution in [0.5, 0.6) is 0 Å². The Morgan fingerprint density at radius 2 is 2.35 bits per heavy atom. The standard InChI is InChI=1S/C10H11ClN4OS/c1-6-8(17-5-13-6)4-12-7-3-14-15(2)10(16)9(7)11/h3,5,12H,4H2,1-2H3. The second-order valence-corrected chi connectivity index (χ2v) is 4.83. The smallest absolute Gasteiger partial charge is 0.287 e. The van der Waals surface area contributed by atoms with Gasteiger partial charge in [-0.25, -0.2) is 9.67 Å². The summed E-state index contributed by atoms with van der Waals surface area (Å²) in [5.41, 5.74) is 3.01. The molecule has 0 spiro atoms. The topological polar surface area (TPSA) is 59.8 Å². The van der Waals surface area contributed by atoms with Gasteiger partial charge in [-0.05, 0) is 6.92 Å². The molecule has 0 aliphatic carbocycles. The van der Waals surface area contributed by atoms with Crippen molar-refractivity contribution in [1.82, 2.24) is 14.8 Å². The van der Waals surface area contributed by atoms with Crippen molar-refractivity contribution in [2.24, 2.45) is 7.05 Å². The summed E-state index contributed by atoms with van der Waals surface area (Å²) in [5.74, 6) is 0. The van der Waals surface area contributed by atoms with Gasteiger partial charge >= 0.3 is 0 Å². The molecule has 0 fully saturated rings. The number of thiazole rings is 1. The lowest BCUT2D eigenvalue weighted by atomic mass is 10.3. The van der Waals surface area contributed by atoms with E-state index in [1.165, 1.54) is 4.68 Å². The van der Waals surface area contributed by atoms with Crippen molar-refractivity contribution in [3.8, 4) is 0 Å². The van der Waals surface area contributed by atoms with Crippen LogP contribution in [0.15, 0.2) is 16.5 Å². The monoisotopic (exact) mass is 270 g/mol. The van der Waals surface area contributed by atoms with Crippen LogP contribution < -0.4 is 10.9 Å². The first-order valence-corrected chi connectivity index (χ1v) is 6.20. The third kappa shape index (κ3) is 2.48. The van der Waals surface area contributed by atoms with Gasteiger partial charge in [-0.3, -0.25) is 4.79 Å². The van der Waals surface area contributed by atoms with Gasteiger partial charge in [-0.2, -0.15) is 5.10 Å². The maximum Gasteiger partial charge on any atom is 0.287 e. The van der Waals surface area contributed by atoms with Gasteiger partial charge in [0.05, 0.1) is 29.6 Å². The quantitative estimate of drug-likeness (QED) is 0.924. The highest BCUT2D eigenvalue weighted by molar-refractivity contribution is 7.09. The van der Waals surface area contributed by atoms with Gasteiger partial charge in [0, 0.05) is 11.9 Å². The molecule has 7 heteroatoms. The number of aromatic nitrogens is 3. The highest BCUT2D eigenvalue weighted by atomic mass is 35.5. The predicted molar refractivity (Wildman–Crippen MR) is 68.7 cm³/mol. The van der Waals surface area contributed by atoms with Crippen LogP contribution in [0, 0.1) is 6.92 Å². The minimum Gasteiger partial charge on any atom is -0.377 e. The first kappa shape index (κ1) is 12.1. The summed E-state index contributed by atoms with van der Waals surface area (Å²) >= 11 is 7.49. The normalized spacial score (nSPS) is 10.5. The number of hydrogen-bond acceptors (Lipinski definition) is 5. The van der Waals surface area contributed by atoms with Crippen LogP contribution in [0.4, 0.5) is 5.69 Å². The van der Waals surface area contributed by atoms with Gasteiger partial charge in [0.15, 0.2) is 0 Å². The Balaban J connectivity index is 2.18. The third-order valence-electron chi connectivity index (χ3n) is 2.36. The summed E-state index contributed by atoms with van der Waals surface area (Å²) in [7, 11) is 1.56. The Kier molecular flexibility index (Phi) is 3.44. The molecule has 2 rings (SSSR count). The summed E-state index contributed by atoms with van der Waals surface area (Å²) in [6.45, 7) is 2.53. The van der Waals surface area contributed by atoms with E-state index in [9.17, 15) is 4.79 Å². The molecule has 0 atom stereocenters. The molecule has 0 saturated heterocycles. The first-order chi connectivity index (χ1) is 8.09. The summed E-state index contributed by atoms with van der Waals surface area (Å²) < 4.78 is 1.20. The zero-order chi connectivity index (χ0) is 12.4. The Morgan fingerprint density at radius 1 is 1.59 bits per heavy atom. The molecule has 2 aromatic rings. The van der Waals surface area contributed by atoms with Gasteiger partial charge in [-0.15, -0.1) is 11.3 Å². The molecule has 0 aliphatic rings. The average Bonchev–Trinajstić information content (AvgIpc) is 2.71. The van der Waals surface area contributed by atoms with Crippen molar-refractivity contribution in [2.45, 2.75) is 13.5 Å². The number of aryl methyl sites for hydroxylation is 2. The SMILES string of the molecule is Cc1ncsc1CNc1cnn(C)c(=O)c1Cl. The molecule has 2 heterocycles. The van der Waals surface area contributed by atoms with Gasteiger partial charge in [0.1, 0.15) is 5.02 Å². The van der Waals surface area contributed by atoms with Gasteiger partial charge in [0.2, 0.25) is 0 Å². The lowest BCUT2D eigenvalue weighted by Gasteiger charge is -2.07. The Bertz CT molecular complexity index is 592. The van der Waals surface area contributed by atoms with Crippen molar-refractivity contribution in [3.63, 3.8) is 0 Å². The lowest BCUT2D eigenvalue weighted by molar-refractivity contribution is 0.708. The van der Waals surface area contributed by atoms with Crippen LogP contribution in [0.25, 0.3) is 0 Å². The molecule has 0 radical (unpaired) electrons. The lowest BCUT2D eigenvalue weighted by Crippen LogP contribution is -2.21. The van der Waals surface area contributed by atoms with E-state index in [2.05, 4.69) is 15.4 Å². The molecule has 1 N–H and O–H groups in total. The number of rotatable bonds is 3. The van der Waals surface area contributed by atoms with Crippen molar-refractivity contribution in [3.05, 3.63) is 37.7 Å². The van der Waals surface area contributed by atoms with E-state index >= 15 is 0 Å². The van der Waals surface area contributed by atoms with E-state index in [1.807, 2.05) is 6.92 Å². The second kappa shape index (κ2) is 4.85. The summed E-state index contributed by atoms with van der Waals surface area (Å²) in [6, 6.07) is 0. The molecule has 2 aromatic heterocycles. The van der Waals surface area contributed by atoms with Gasteiger partial charge < -0.3 is 5.32 Å². The molecule has 0 aromatic carbocycles. The first-order valence-electron chi connectivity index (χ1n) is 4.94. The highest BCUT2D eigenvalue weighted by Gasteiger charge is 2.08. The van der Waals surface area contributed by atoms with Crippen LogP contribution in [0.3, 0.4) is 0 Å². The zero-order valence-corrected chi connectivity index (χ0v) is 11.0. The molecule has 90 valence electrons. The maximum atomic E-state index is 11.5. The van der Waals surface area contributed by atoms with Crippen LogP contribution in [0.2, 0.25) is 5.02 Å². The average molecular weight is 271 g/mol.